The smallest absolute Gasteiger partial charge is 0.319 e. The molecule has 0 spiro atoms. The van der Waals surface area contributed by atoms with Gasteiger partial charge in [0.05, 0.1) is 18.8 Å². The molecule has 1 aliphatic rings. The minimum absolute atomic E-state index is 0.00810. The fraction of sp³-hybridized carbons (Fsp3) is 0.173. The lowest BCUT2D eigenvalue weighted by Crippen LogP contribution is -2.39. The minimum atomic E-state index is -0.603. The number of hydrogen-bond donors (Lipinski definition) is 3. The predicted molar refractivity (Wildman–Crippen MR) is 236 cm³/mol. The van der Waals surface area contributed by atoms with Gasteiger partial charge in [0, 0.05) is 43.9 Å². The van der Waals surface area contributed by atoms with Gasteiger partial charge in [-0.1, -0.05) is 140 Å². The maximum atomic E-state index is 12.9. The summed E-state index contributed by atoms with van der Waals surface area (Å²) in [6.45, 7) is 2.63. The second kappa shape index (κ2) is 19.9. The third-order valence-electron chi connectivity index (χ3n) is 10.5. The van der Waals surface area contributed by atoms with E-state index in [1.807, 2.05) is 84.9 Å². The van der Waals surface area contributed by atoms with Crippen LogP contribution < -0.4 is 15.4 Å². The van der Waals surface area contributed by atoms with E-state index in [1.165, 1.54) is 11.1 Å². The molecule has 7 aromatic rings. The zero-order chi connectivity index (χ0) is 40.9. The van der Waals surface area contributed by atoms with Crippen molar-refractivity contribution < 1.29 is 24.1 Å². The molecule has 7 aromatic carbocycles. The van der Waals surface area contributed by atoms with Gasteiger partial charge in [0.1, 0.15) is 11.5 Å². The van der Waals surface area contributed by atoms with E-state index in [1.54, 1.807) is 0 Å². The van der Waals surface area contributed by atoms with E-state index in [-0.39, 0.29) is 24.8 Å². The number of nitrogens with zero attached hydrogens (tertiary/aromatic N) is 1. The van der Waals surface area contributed by atoms with Gasteiger partial charge in [-0.3, -0.25) is 4.90 Å². The topological polar surface area (TPSA) is 92.3 Å². The number of para-hydroxylation sites is 1. The Labute approximate surface area is 352 Å². The van der Waals surface area contributed by atoms with E-state index in [4.69, 9.17) is 14.2 Å². The number of aliphatic hydroxyl groups is 1. The summed E-state index contributed by atoms with van der Waals surface area (Å²) in [6, 6.07) is 62.2. The van der Waals surface area contributed by atoms with Gasteiger partial charge in [-0.05, 0) is 87.5 Å². The maximum Gasteiger partial charge on any atom is 0.319 e. The monoisotopic (exact) mass is 795 g/mol. The number of amides is 2. The second-order valence-corrected chi connectivity index (χ2v) is 15.1. The molecule has 3 atom stereocenters. The quantitative estimate of drug-likeness (QED) is 0.0957. The first-order chi connectivity index (χ1) is 29.5. The molecule has 1 aliphatic heterocycles. The summed E-state index contributed by atoms with van der Waals surface area (Å²) in [6.07, 6.45) is -0.246. The summed E-state index contributed by atoms with van der Waals surface area (Å²) in [5, 5.41) is 15.6. The number of nitrogens with one attached hydrogen (secondary N) is 2. The summed E-state index contributed by atoms with van der Waals surface area (Å²) in [5.74, 6) is 1.44. The molecule has 302 valence electrons. The van der Waals surface area contributed by atoms with Crippen molar-refractivity contribution in [1.29, 1.82) is 0 Å². The number of urea groups is 1. The summed E-state index contributed by atoms with van der Waals surface area (Å²) in [7, 11) is 0. The lowest BCUT2D eigenvalue weighted by Gasteiger charge is -2.38. The van der Waals surface area contributed by atoms with Crippen molar-refractivity contribution in [2.75, 3.05) is 11.9 Å². The number of benzene rings is 7. The minimum Gasteiger partial charge on any atom is -0.457 e. The highest BCUT2D eigenvalue weighted by molar-refractivity contribution is 5.89. The third kappa shape index (κ3) is 11.1. The fourth-order valence-electron chi connectivity index (χ4n) is 7.50. The molecule has 0 aliphatic carbocycles. The molecule has 0 radical (unpaired) electrons. The van der Waals surface area contributed by atoms with Crippen LogP contribution in [0, 0.1) is 0 Å². The zero-order valence-electron chi connectivity index (χ0n) is 33.4. The summed E-state index contributed by atoms with van der Waals surface area (Å²) >= 11 is 0. The van der Waals surface area contributed by atoms with E-state index in [9.17, 15) is 9.90 Å². The molecular weight excluding hydrogens is 747 g/mol. The van der Waals surface area contributed by atoms with Crippen LogP contribution in [-0.2, 0) is 35.7 Å². The first-order valence-electron chi connectivity index (χ1n) is 20.4. The number of hydrogen-bond acceptors (Lipinski definition) is 6. The highest BCUT2D eigenvalue weighted by Gasteiger charge is 2.33. The molecule has 3 unspecified atom stereocenters. The van der Waals surface area contributed by atoms with Gasteiger partial charge in [-0.25, -0.2) is 4.79 Å². The van der Waals surface area contributed by atoms with Crippen LogP contribution in [0.15, 0.2) is 188 Å². The molecule has 1 saturated heterocycles. The van der Waals surface area contributed by atoms with Crippen LogP contribution in [0.5, 0.6) is 11.5 Å². The molecular formula is C52H49N3O5. The normalized spacial score (nSPS) is 16.3. The van der Waals surface area contributed by atoms with Crippen LogP contribution in [0.2, 0.25) is 0 Å². The summed E-state index contributed by atoms with van der Waals surface area (Å²) in [4.78, 5) is 15.3. The molecule has 1 heterocycles. The molecule has 8 heteroatoms. The van der Waals surface area contributed by atoms with Gasteiger partial charge in [0.2, 0.25) is 0 Å². The molecule has 0 saturated carbocycles. The van der Waals surface area contributed by atoms with E-state index < -0.39 is 6.29 Å². The van der Waals surface area contributed by atoms with E-state index in [0.29, 0.717) is 30.9 Å². The third-order valence-corrected chi connectivity index (χ3v) is 10.5. The van der Waals surface area contributed by atoms with E-state index in [0.717, 1.165) is 52.2 Å². The number of carbonyl (C=O) groups excluding carboxylic acids is 1. The first-order valence-corrected chi connectivity index (χ1v) is 20.4. The maximum absolute atomic E-state index is 12.9. The van der Waals surface area contributed by atoms with Gasteiger partial charge in [-0.2, -0.15) is 0 Å². The van der Waals surface area contributed by atoms with E-state index >= 15 is 0 Å². The average molecular weight is 796 g/mol. The van der Waals surface area contributed by atoms with Crippen molar-refractivity contribution in [1.82, 2.24) is 10.2 Å². The second-order valence-electron chi connectivity index (χ2n) is 15.1. The lowest BCUT2D eigenvalue weighted by molar-refractivity contribution is -0.253. The molecule has 2 amide bonds. The average Bonchev–Trinajstić information content (AvgIpc) is 3.30. The molecule has 3 N–H and O–H groups in total. The van der Waals surface area contributed by atoms with Crippen molar-refractivity contribution in [3.05, 3.63) is 221 Å². The van der Waals surface area contributed by atoms with Crippen LogP contribution in [0.4, 0.5) is 10.5 Å². The Morgan fingerprint density at radius 3 is 1.87 bits per heavy atom. The van der Waals surface area contributed by atoms with Gasteiger partial charge < -0.3 is 30.0 Å². The molecule has 0 bridgehead atoms. The van der Waals surface area contributed by atoms with Crippen LogP contribution in [0.25, 0.3) is 11.1 Å². The molecule has 1 fully saturated rings. The molecule has 8 rings (SSSR count). The van der Waals surface area contributed by atoms with Gasteiger partial charge >= 0.3 is 6.03 Å². The molecule has 0 aromatic heterocycles. The number of ether oxygens (including phenoxy) is 3. The lowest BCUT2D eigenvalue weighted by atomic mass is 9.98. The van der Waals surface area contributed by atoms with Crippen molar-refractivity contribution in [2.24, 2.45) is 0 Å². The Hall–Kier alpha value is -6.55. The fourth-order valence-corrected chi connectivity index (χ4v) is 7.50. The van der Waals surface area contributed by atoms with Crippen LogP contribution in [0.1, 0.15) is 52.2 Å². The van der Waals surface area contributed by atoms with Crippen LogP contribution >= 0.6 is 0 Å². The zero-order valence-corrected chi connectivity index (χ0v) is 33.4. The van der Waals surface area contributed by atoms with Crippen molar-refractivity contribution in [3.63, 3.8) is 0 Å². The Morgan fingerprint density at radius 2 is 1.20 bits per heavy atom. The predicted octanol–water partition coefficient (Wildman–Crippen LogP) is 11.2. The SMILES string of the molecule is O=C(NCc1cccc(-c2cccc(C3OC(CN(Cc4ccccc4)Cc4ccccc4)CC(c4ccc(CO)cc4)O3)c2)c1)Nc1ccc(Oc2ccccc2)cc1. The van der Waals surface area contributed by atoms with Gasteiger partial charge in [0.25, 0.3) is 0 Å². The van der Waals surface area contributed by atoms with Crippen LogP contribution in [0.3, 0.4) is 0 Å². The number of carbonyl (C=O) groups is 1. The number of aliphatic hydroxyl groups excluding tert-OH is 1. The first kappa shape index (κ1) is 40.2. The highest BCUT2D eigenvalue weighted by atomic mass is 16.7. The summed E-state index contributed by atoms with van der Waals surface area (Å²) < 4.78 is 19.5. The van der Waals surface area contributed by atoms with Crippen molar-refractivity contribution in [3.8, 4) is 22.6 Å². The molecule has 8 nitrogen and oxygen atoms in total. The van der Waals surface area contributed by atoms with Gasteiger partial charge in [0.15, 0.2) is 6.29 Å². The molecule has 60 heavy (non-hydrogen) atoms. The van der Waals surface area contributed by atoms with Gasteiger partial charge in [-0.15, -0.1) is 0 Å². The Bertz CT molecular complexity index is 2370. The van der Waals surface area contributed by atoms with Crippen molar-refractivity contribution in [2.45, 2.75) is 51.2 Å². The van der Waals surface area contributed by atoms with Crippen molar-refractivity contribution >= 4 is 11.7 Å². The van der Waals surface area contributed by atoms with E-state index in [2.05, 4.69) is 119 Å². The standard InChI is InChI=1S/C52H49N3O5/c56-37-40-22-24-42(25-23-40)50-32-49(36-55(34-38-12-4-1-5-13-38)35-39-14-6-2-7-15-39)59-51(60-50)45-19-11-18-44(31-45)43-17-10-16-41(30-43)33-53-52(57)54-46-26-28-48(29-27-46)58-47-20-8-3-9-21-47/h1-31,49-51,56H,32-37H2,(H2,53,54,57). The number of rotatable bonds is 15. The Balaban J connectivity index is 0.957. The van der Waals surface area contributed by atoms with Crippen LogP contribution in [-0.4, -0.2) is 28.7 Å². The summed E-state index contributed by atoms with van der Waals surface area (Å²) in [5.41, 5.74) is 9.01. The highest BCUT2D eigenvalue weighted by Crippen LogP contribution is 2.39. The Morgan fingerprint density at radius 1 is 0.600 bits per heavy atom. The Kier molecular flexibility index (Phi) is 13.4. The largest absolute Gasteiger partial charge is 0.457 e. The number of anilines is 1.